The maximum atomic E-state index is 9.76. The third kappa shape index (κ3) is 12.2. The Morgan fingerprint density at radius 3 is 1.92 bits per heavy atom. The minimum atomic E-state index is -2.35. The molecule has 0 saturated heterocycles. The molecule has 0 aromatic carbocycles. The van der Waals surface area contributed by atoms with Gasteiger partial charge in [-0.2, -0.15) is 0 Å². The average Bonchev–Trinajstić information content (AvgIpc) is 2.54. The molecule has 0 aliphatic carbocycles. The molecule has 9 heteroatoms. The lowest BCUT2D eigenvalue weighted by atomic mass is 10.2. The third-order valence-electron chi connectivity index (χ3n) is 4.10. The van der Waals surface area contributed by atoms with Crippen molar-refractivity contribution in [3.8, 4) is 0 Å². The van der Waals surface area contributed by atoms with E-state index in [1.807, 2.05) is 13.1 Å². The van der Waals surface area contributed by atoms with Crippen molar-refractivity contribution < 1.29 is 32.7 Å². The van der Waals surface area contributed by atoms with Gasteiger partial charge in [-0.25, -0.2) is 0 Å². The molecule has 0 aliphatic heterocycles. The first-order valence-corrected chi connectivity index (χ1v) is 14.0. The fourth-order valence-corrected chi connectivity index (χ4v) is 9.71. The summed E-state index contributed by atoms with van der Waals surface area (Å²) in [5, 5.41) is 19.0. The summed E-state index contributed by atoms with van der Waals surface area (Å²) in [6.45, 7) is 7.07. The van der Waals surface area contributed by atoms with E-state index in [-0.39, 0.29) is 0 Å². The topological polar surface area (TPSA) is 86.6 Å². The van der Waals surface area contributed by atoms with Crippen LogP contribution >= 0.6 is 0 Å². The molecule has 152 valence electrons. The lowest BCUT2D eigenvalue weighted by Gasteiger charge is -2.35. The molecular formula is C16H38O7Si2. The van der Waals surface area contributed by atoms with Crippen LogP contribution in [0.15, 0.2) is 0 Å². The number of aliphatic hydroxyl groups excluding tert-OH is 2. The van der Waals surface area contributed by atoms with Gasteiger partial charge >= 0.3 is 17.1 Å². The molecular weight excluding hydrogens is 360 g/mol. The van der Waals surface area contributed by atoms with Gasteiger partial charge in [-0.15, -0.1) is 0 Å². The van der Waals surface area contributed by atoms with Gasteiger partial charge in [-0.3, -0.25) is 0 Å². The minimum absolute atomic E-state index is 0.348. The molecule has 0 spiro atoms. The molecule has 4 atom stereocenters. The van der Waals surface area contributed by atoms with E-state index >= 15 is 0 Å². The summed E-state index contributed by atoms with van der Waals surface area (Å²) in [4.78, 5) is 0. The molecule has 0 aromatic rings. The zero-order valence-corrected chi connectivity index (χ0v) is 18.7. The summed E-state index contributed by atoms with van der Waals surface area (Å²) in [6, 6.07) is 1.61. The second-order valence-corrected chi connectivity index (χ2v) is 14.0. The molecule has 0 heterocycles. The first kappa shape index (κ1) is 25.2. The zero-order valence-electron chi connectivity index (χ0n) is 16.7. The predicted molar refractivity (Wildman–Crippen MR) is 102 cm³/mol. The molecule has 0 fully saturated rings. The molecule has 0 aromatic heterocycles. The van der Waals surface area contributed by atoms with Gasteiger partial charge in [-0.05, 0) is 51.4 Å². The number of aliphatic hydroxyl groups is 2. The Balaban J connectivity index is 4.38. The van der Waals surface area contributed by atoms with Crippen LogP contribution < -0.4 is 0 Å². The van der Waals surface area contributed by atoms with Crippen LogP contribution in [-0.4, -0.2) is 80.7 Å². The number of hydrogen-bond donors (Lipinski definition) is 2. The van der Waals surface area contributed by atoms with E-state index < -0.39 is 29.3 Å². The fraction of sp³-hybridized carbons (Fsp3) is 1.00. The highest BCUT2D eigenvalue weighted by Crippen LogP contribution is 2.25. The van der Waals surface area contributed by atoms with Crippen molar-refractivity contribution in [2.75, 3.05) is 41.2 Å². The number of rotatable bonds is 16. The van der Waals surface area contributed by atoms with Gasteiger partial charge in [0.15, 0.2) is 0 Å². The summed E-state index contributed by atoms with van der Waals surface area (Å²) in [5.74, 6) is 0. The van der Waals surface area contributed by atoms with Crippen LogP contribution in [0.2, 0.25) is 25.2 Å². The Morgan fingerprint density at radius 1 is 0.880 bits per heavy atom. The van der Waals surface area contributed by atoms with E-state index in [0.29, 0.717) is 26.2 Å². The summed E-state index contributed by atoms with van der Waals surface area (Å²) in [5.41, 5.74) is 0. The van der Waals surface area contributed by atoms with Crippen molar-refractivity contribution in [1.29, 1.82) is 0 Å². The second-order valence-electron chi connectivity index (χ2n) is 6.81. The van der Waals surface area contributed by atoms with Crippen molar-refractivity contribution >= 4 is 17.1 Å². The highest BCUT2D eigenvalue weighted by atomic mass is 28.5. The highest BCUT2D eigenvalue weighted by molar-refractivity contribution is 6.80. The van der Waals surface area contributed by atoms with E-state index in [1.54, 1.807) is 28.3 Å². The standard InChI is InChI=1S/C16H38O7Si2/c1-15(17)13-22-10-8-12-25(6,21-4)23-24(5,20-3)11-7-9-16(18)14-19-2/h15-18H,7-14H2,1-6H3. The SMILES string of the molecule is COCC(O)CCC[Si](C)(OC)O[Si](C)(CCCOCC(C)O)OC. The zero-order chi connectivity index (χ0) is 19.3. The lowest BCUT2D eigenvalue weighted by molar-refractivity contribution is 0.0459. The molecule has 0 bridgehead atoms. The monoisotopic (exact) mass is 398 g/mol. The molecule has 0 amide bonds. The minimum Gasteiger partial charge on any atom is -0.415 e. The smallest absolute Gasteiger partial charge is 0.325 e. The number of ether oxygens (including phenoxy) is 2. The van der Waals surface area contributed by atoms with Crippen molar-refractivity contribution in [3.63, 3.8) is 0 Å². The normalized spacial score (nSPS) is 19.2. The molecule has 0 radical (unpaired) electrons. The Morgan fingerprint density at radius 2 is 1.44 bits per heavy atom. The highest BCUT2D eigenvalue weighted by Gasteiger charge is 2.41. The van der Waals surface area contributed by atoms with Crippen LogP contribution in [0, 0.1) is 0 Å². The van der Waals surface area contributed by atoms with Crippen LogP contribution in [0.1, 0.15) is 26.2 Å². The maximum Gasteiger partial charge on any atom is 0.325 e. The van der Waals surface area contributed by atoms with Gasteiger partial charge < -0.3 is 32.7 Å². The maximum absolute atomic E-state index is 9.76. The molecule has 2 N–H and O–H groups in total. The lowest BCUT2D eigenvalue weighted by Crippen LogP contribution is -2.51. The fourth-order valence-electron chi connectivity index (χ4n) is 2.53. The summed E-state index contributed by atoms with van der Waals surface area (Å²) >= 11 is 0. The van der Waals surface area contributed by atoms with Crippen molar-refractivity contribution in [1.82, 2.24) is 0 Å². The Hall–Kier alpha value is 0.154. The number of hydrogen-bond acceptors (Lipinski definition) is 7. The van der Waals surface area contributed by atoms with Crippen LogP contribution in [0.5, 0.6) is 0 Å². The van der Waals surface area contributed by atoms with E-state index in [0.717, 1.165) is 24.9 Å². The molecule has 0 rings (SSSR count). The second kappa shape index (κ2) is 13.3. The quantitative estimate of drug-likeness (QED) is 0.304. The average molecular weight is 399 g/mol. The summed E-state index contributed by atoms with van der Waals surface area (Å²) < 4.78 is 28.2. The first-order valence-electron chi connectivity index (χ1n) is 8.93. The van der Waals surface area contributed by atoms with Gasteiger partial charge in [0.05, 0.1) is 25.4 Å². The molecule has 0 saturated carbocycles. The van der Waals surface area contributed by atoms with E-state index in [9.17, 15) is 10.2 Å². The molecule has 7 nitrogen and oxygen atoms in total. The first-order chi connectivity index (χ1) is 11.7. The van der Waals surface area contributed by atoms with E-state index in [4.69, 9.17) is 22.4 Å². The largest absolute Gasteiger partial charge is 0.415 e. The van der Waals surface area contributed by atoms with Crippen molar-refractivity contribution in [3.05, 3.63) is 0 Å². The third-order valence-corrected chi connectivity index (χ3v) is 11.8. The van der Waals surface area contributed by atoms with Crippen LogP contribution in [0.3, 0.4) is 0 Å². The molecule has 4 unspecified atom stereocenters. The van der Waals surface area contributed by atoms with Gasteiger partial charge in [-0.1, -0.05) is 0 Å². The van der Waals surface area contributed by atoms with Gasteiger partial charge in [0.1, 0.15) is 0 Å². The van der Waals surface area contributed by atoms with Gasteiger partial charge in [0.2, 0.25) is 0 Å². The van der Waals surface area contributed by atoms with E-state index in [2.05, 4.69) is 0 Å². The Labute approximate surface area is 155 Å². The molecule has 0 aliphatic rings. The van der Waals surface area contributed by atoms with E-state index in [1.165, 1.54) is 0 Å². The van der Waals surface area contributed by atoms with Crippen LogP contribution in [0.25, 0.3) is 0 Å². The van der Waals surface area contributed by atoms with Crippen LogP contribution in [-0.2, 0) is 22.4 Å². The summed E-state index contributed by atoms with van der Waals surface area (Å²) in [7, 11) is 0.269. The van der Waals surface area contributed by atoms with Crippen molar-refractivity contribution in [2.45, 2.75) is 63.6 Å². The van der Waals surface area contributed by atoms with Crippen molar-refractivity contribution in [2.24, 2.45) is 0 Å². The Kier molecular flexibility index (Phi) is 13.4. The van der Waals surface area contributed by atoms with Crippen LogP contribution in [0.4, 0.5) is 0 Å². The predicted octanol–water partition coefficient (Wildman–Crippen LogP) is 2.01. The molecule has 25 heavy (non-hydrogen) atoms. The number of methoxy groups -OCH3 is 1. The summed E-state index contributed by atoms with van der Waals surface area (Å²) in [6.07, 6.45) is 1.43. The van der Waals surface area contributed by atoms with Gasteiger partial charge in [0, 0.05) is 27.9 Å². The Bertz CT molecular complexity index is 336. The van der Waals surface area contributed by atoms with Gasteiger partial charge in [0.25, 0.3) is 0 Å².